The molecule has 1 unspecified atom stereocenters. The molecule has 0 amide bonds. The first kappa shape index (κ1) is 11.2. The first-order valence-corrected chi connectivity index (χ1v) is 7.47. The summed E-state index contributed by atoms with van der Waals surface area (Å²) in [6, 6.07) is 13.7. The molecule has 0 fully saturated rings. The molecule has 0 saturated heterocycles. The van der Waals surface area contributed by atoms with Crippen LogP contribution in [0.15, 0.2) is 54.6 Å². The highest BCUT2D eigenvalue weighted by Crippen LogP contribution is 2.45. The van der Waals surface area contributed by atoms with Crippen LogP contribution in [0.5, 0.6) is 0 Å². The number of likely N-dealkylation sites (N-methyl/N-ethyl adjacent to an activating group) is 1. The highest BCUT2D eigenvalue weighted by Gasteiger charge is 2.32. The summed E-state index contributed by atoms with van der Waals surface area (Å²) in [5.41, 5.74) is 6.64. The lowest BCUT2D eigenvalue weighted by Crippen LogP contribution is -2.27. The van der Waals surface area contributed by atoms with E-state index in [4.69, 9.17) is 0 Å². The molecule has 102 valence electrons. The van der Waals surface area contributed by atoms with Gasteiger partial charge in [-0.15, -0.1) is 0 Å². The van der Waals surface area contributed by atoms with Crippen LogP contribution in [0.25, 0.3) is 27.4 Å². The number of benzene rings is 2. The Hall–Kier alpha value is -2.48. The first-order chi connectivity index (χ1) is 10.3. The quantitative estimate of drug-likeness (QED) is 0.639. The predicted molar refractivity (Wildman–Crippen MR) is 89.7 cm³/mol. The van der Waals surface area contributed by atoms with Gasteiger partial charge in [0, 0.05) is 40.1 Å². The fourth-order valence-electron chi connectivity index (χ4n) is 3.83. The van der Waals surface area contributed by atoms with E-state index in [0.717, 1.165) is 6.42 Å². The van der Waals surface area contributed by atoms with Gasteiger partial charge in [-0.1, -0.05) is 36.4 Å². The first-order valence-electron chi connectivity index (χ1n) is 7.47. The smallest absolute Gasteiger partial charge is 0.0580 e. The van der Waals surface area contributed by atoms with Crippen LogP contribution in [0.1, 0.15) is 12.0 Å². The van der Waals surface area contributed by atoms with Crippen molar-refractivity contribution in [2.75, 3.05) is 11.9 Å². The number of nitrogens with zero attached hydrogens (tertiary/aromatic N) is 1. The van der Waals surface area contributed by atoms with Gasteiger partial charge in [0.15, 0.2) is 0 Å². The number of rotatable bonds is 0. The van der Waals surface area contributed by atoms with Gasteiger partial charge >= 0.3 is 0 Å². The van der Waals surface area contributed by atoms with Gasteiger partial charge in [0.05, 0.1) is 6.04 Å². The van der Waals surface area contributed by atoms with Gasteiger partial charge in [0.25, 0.3) is 0 Å². The minimum Gasteiger partial charge on any atom is -0.367 e. The number of hydrogen-bond donors (Lipinski definition) is 1. The van der Waals surface area contributed by atoms with Gasteiger partial charge in [-0.3, -0.25) is 0 Å². The Bertz CT molecular complexity index is 943. The molecule has 3 aromatic rings. The largest absolute Gasteiger partial charge is 0.367 e. The second-order valence-electron chi connectivity index (χ2n) is 6.00. The lowest BCUT2D eigenvalue weighted by Gasteiger charge is -2.23. The molecule has 0 saturated carbocycles. The third-order valence-corrected chi connectivity index (χ3v) is 4.91. The summed E-state index contributed by atoms with van der Waals surface area (Å²) in [5.74, 6) is 0. The average molecular weight is 272 g/mol. The second-order valence-corrected chi connectivity index (χ2v) is 6.00. The molecular weight excluding hydrogens is 256 g/mol. The maximum atomic E-state index is 3.55. The molecule has 0 bridgehead atoms. The minimum atomic E-state index is 0.503. The highest BCUT2D eigenvalue weighted by molar-refractivity contribution is 6.10. The fraction of sp³-hybridized carbons (Fsp3) is 0.158. The molecule has 2 nitrogen and oxygen atoms in total. The Morgan fingerprint density at radius 1 is 1.10 bits per heavy atom. The normalized spacial score (nSPS) is 20.0. The number of H-pyrrole nitrogens is 1. The van der Waals surface area contributed by atoms with Crippen molar-refractivity contribution in [3.8, 4) is 0 Å². The summed E-state index contributed by atoms with van der Waals surface area (Å²) < 4.78 is 0. The van der Waals surface area contributed by atoms with E-state index in [-0.39, 0.29) is 0 Å². The Kier molecular flexibility index (Phi) is 2.02. The highest BCUT2D eigenvalue weighted by atomic mass is 15.2. The van der Waals surface area contributed by atoms with Crippen LogP contribution in [-0.2, 0) is 0 Å². The van der Waals surface area contributed by atoms with E-state index in [1.165, 1.54) is 38.6 Å². The Morgan fingerprint density at radius 2 is 2.00 bits per heavy atom. The number of nitrogens with one attached hydrogen (secondary N) is 1. The Morgan fingerprint density at radius 3 is 2.95 bits per heavy atom. The standard InChI is InChI=1S/C19H16N2/c1-21-18-9-5-3-7-13(18)15-10-17-14(11-19(15)21)12-6-2-4-8-16(12)20-17/h2-8,10-11,18,20H,9H2,1H3. The van der Waals surface area contributed by atoms with E-state index in [9.17, 15) is 0 Å². The Labute approximate surface area is 123 Å². The van der Waals surface area contributed by atoms with Crippen molar-refractivity contribution >= 4 is 33.1 Å². The van der Waals surface area contributed by atoms with Crippen molar-refractivity contribution in [2.24, 2.45) is 0 Å². The zero-order valence-corrected chi connectivity index (χ0v) is 11.9. The zero-order chi connectivity index (χ0) is 14.0. The van der Waals surface area contributed by atoms with Crippen molar-refractivity contribution in [1.82, 2.24) is 4.98 Å². The van der Waals surface area contributed by atoms with Crippen LogP contribution in [-0.4, -0.2) is 18.1 Å². The molecule has 2 heterocycles. The SMILES string of the molecule is CN1c2cc3c(cc2C2=CC=CCC21)[nH]c1ccccc13. The molecule has 1 aromatic heterocycles. The zero-order valence-electron chi connectivity index (χ0n) is 11.9. The van der Waals surface area contributed by atoms with Crippen LogP contribution < -0.4 is 4.90 Å². The third-order valence-electron chi connectivity index (χ3n) is 4.91. The number of aromatic amines is 1. The maximum absolute atomic E-state index is 3.55. The number of allylic oxidation sites excluding steroid dienone is 2. The molecule has 2 aromatic carbocycles. The van der Waals surface area contributed by atoms with Crippen molar-refractivity contribution in [1.29, 1.82) is 0 Å². The van der Waals surface area contributed by atoms with Crippen LogP contribution in [0.2, 0.25) is 0 Å². The van der Waals surface area contributed by atoms with E-state index < -0.39 is 0 Å². The van der Waals surface area contributed by atoms with Crippen molar-refractivity contribution in [2.45, 2.75) is 12.5 Å². The average Bonchev–Trinajstić information content (AvgIpc) is 3.02. The van der Waals surface area contributed by atoms with Gasteiger partial charge in [0.1, 0.15) is 0 Å². The lowest BCUT2D eigenvalue weighted by molar-refractivity contribution is 0.797. The molecule has 0 radical (unpaired) electrons. The van der Waals surface area contributed by atoms with E-state index in [2.05, 4.69) is 71.6 Å². The number of aromatic nitrogens is 1. The van der Waals surface area contributed by atoms with Gasteiger partial charge in [0.2, 0.25) is 0 Å². The second kappa shape index (κ2) is 3.79. The van der Waals surface area contributed by atoms with Crippen LogP contribution >= 0.6 is 0 Å². The van der Waals surface area contributed by atoms with Crippen LogP contribution in [0.3, 0.4) is 0 Å². The van der Waals surface area contributed by atoms with Crippen molar-refractivity contribution in [3.05, 3.63) is 60.2 Å². The molecule has 2 heteroatoms. The van der Waals surface area contributed by atoms with Gasteiger partial charge < -0.3 is 9.88 Å². The Balaban J connectivity index is 1.87. The van der Waals surface area contributed by atoms with Crippen LogP contribution in [0.4, 0.5) is 5.69 Å². The molecule has 1 N–H and O–H groups in total. The number of fused-ring (bicyclic) bond motifs is 6. The van der Waals surface area contributed by atoms with Crippen molar-refractivity contribution in [3.63, 3.8) is 0 Å². The number of hydrogen-bond acceptors (Lipinski definition) is 1. The molecule has 1 aliphatic carbocycles. The maximum Gasteiger partial charge on any atom is 0.0580 e. The molecular formula is C19H16N2. The summed E-state index contributed by atoms with van der Waals surface area (Å²) in [4.78, 5) is 5.98. The summed E-state index contributed by atoms with van der Waals surface area (Å²) in [6.07, 6.45) is 7.82. The number of para-hydroxylation sites is 1. The van der Waals surface area contributed by atoms with Gasteiger partial charge in [-0.25, -0.2) is 0 Å². The lowest BCUT2D eigenvalue weighted by atomic mass is 9.95. The van der Waals surface area contributed by atoms with E-state index in [0.29, 0.717) is 6.04 Å². The molecule has 1 atom stereocenters. The van der Waals surface area contributed by atoms with Crippen LogP contribution in [0, 0.1) is 0 Å². The van der Waals surface area contributed by atoms with E-state index in [1.807, 2.05) is 0 Å². The summed E-state index contributed by atoms with van der Waals surface area (Å²) in [7, 11) is 2.21. The molecule has 21 heavy (non-hydrogen) atoms. The number of anilines is 1. The molecule has 1 aliphatic heterocycles. The monoisotopic (exact) mass is 272 g/mol. The summed E-state index contributed by atoms with van der Waals surface area (Å²) in [5, 5.41) is 2.63. The van der Waals surface area contributed by atoms with Crippen molar-refractivity contribution < 1.29 is 0 Å². The predicted octanol–water partition coefficient (Wildman–Crippen LogP) is 4.48. The summed E-state index contributed by atoms with van der Waals surface area (Å²) >= 11 is 0. The van der Waals surface area contributed by atoms with E-state index >= 15 is 0 Å². The fourth-order valence-corrected chi connectivity index (χ4v) is 3.83. The summed E-state index contributed by atoms with van der Waals surface area (Å²) in [6.45, 7) is 0. The third kappa shape index (κ3) is 1.37. The molecule has 2 aliphatic rings. The molecule has 0 spiro atoms. The van der Waals surface area contributed by atoms with E-state index in [1.54, 1.807) is 0 Å². The van der Waals surface area contributed by atoms with Gasteiger partial charge in [-0.05, 0) is 30.2 Å². The minimum absolute atomic E-state index is 0.503. The van der Waals surface area contributed by atoms with Gasteiger partial charge in [-0.2, -0.15) is 0 Å². The molecule has 5 rings (SSSR count). The topological polar surface area (TPSA) is 19.0 Å².